The summed E-state index contributed by atoms with van der Waals surface area (Å²) in [6.07, 6.45) is 4.20. The summed E-state index contributed by atoms with van der Waals surface area (Å²) in [6, 6.07) is 11.7. The fourth-order valence-electron chi connectivity index (χ4n) is 3.18. The molecule has 0 saturated heterocycles. The molecule has 0 bridgehead atoms. The summed E-state index contributed by atoms with van der Waals surface area (Å²) in [5.74, 6) is 6.75. The van der Waals surface area contributed by atoms with Gasteiger partial charge in [-0.15, -0.1) is 0 Å². The van der Waals surface area contributed by atoms with E-state index in [0.717, 1.165) is 36.0 Å². The Bertz CT molecular complexity index is 898. The van der Waals surface area contributed by atoms with Gasteiger partial charge in [0.2, 0.25) is 5.88 Å². The highest BCUT2D eigenvalue weighted by molar-refractivity contribution is 5.69. The minimum absolute atomic E-state index is 0.346. The smallest absolute Gasteiger partial charge is 0.408 e. The second-order valence-corrected chi connectivity index (χ2v) is 7.95. The zero-order valence-electron chi connectivity index (χ0n) is 16.8. The van der Waals surface area contributed by atoms with E-state index in [4.69, 9.17) is 9.47 Å². The molecule has 0 radical (unpaired) electrons. The molecule has 1 heterocycles. The average molecular weight is 378 g/mol. The third kappa shape index (κ3) is 4.64. The molecule has 0 spiro atoms. The van der Waals surface area contributed by atoms with Gasteiger partial charge in [0.25, 0.3) is 0 Å². The maximum atomic E-state index is 12.3. The number of ether oxygens (including phenoxy) is 2. The van der Waals surface area contributed by atoms with Crippen molar-refractivity contribution < 1.29 is 14.3 Å². The molecule has 146 valence electrons. The van der Waals surface area contributed by atoms with Gasteiger partial charge in [-0.3, -0.25) is 0 Å². The standard InChI is InChI=1S/C23H26N2O3/c1-22(2,3)28-21(26)25-23(14-6-15-23)19-12-9-17(10-13-19)8-11-18-7-5-16-24-20(18)27-4/h5,7,9-10,12-13,16H,6,14-15H2,1-4H3,(H,25,26). The first-order chi connectivity index (χ1) is 13.3. The predicted molar refractivity (Wildman–Crippen MR) is 108 cm³/mol. The molecule has 1 amide bonds. The summed E-state index contributed by atoms with van der Waals surface area (Å²) in [4.78, 5) is 16.4. The zero-order valence-corrected chi connectivity index (χ0v) is 16.8. The number of carbonyl (C=O) groups excluding carboxylic acids is 1. The highest BCUT2D eigenvalue weighted by atomic mass is 16.6. The molecule has 3 rings (SSSR count). The Morgan fingerprint density at radius 2 is 1.86 bits per heavy atom. The van der Waals surface area contributed by atoms with Crippen LogP contribution in [0.1, 0.15) is 56.7 Å². The first kappa shape index (κ1) is 19.8. The Balaban J connectivity index is 1.75. The molecule has 28 heavy (non-hydrogen) atoms. The van der Waals surface area contributed by atoms with Crippen LogP contribution in [0.3, 0.4) is 0 Å². The maximum absolute atomic E-state index is 12.3. The molecule has 0 atom stereocenters. The number of alkyl carbamates (subject to hydrolysis) is 1. The second kappa shape index (κ2) is 7.93. The average Bonchev–Trinajstić information content (AvgIpc) is 2.62. The largest absolute Gasteiger partial charge is 0.480 e. The van der Waals surface area contributed by atoms with E-state index < -0.39 is 5.60 Å². The molecule has 0 aliphatic heterocycles. The second-order valence-electron chi connectivity index (χ2n) is 7.95. The lowest BCUT2D eigenvalue weighted by molar-refractivity contribution is 0.0377. The van der Waals surface area contributed by atoms with Crippen molar-refractivity contribution in [3.05, 3.63) is 59.3 Å². The number of aromatic nitrogens is 1. The number of benzene rings is 1. The fourth-order valence-corrected chi connectivity index (χ4v) is 3.18. The molecule has 1 saturated carbocycles. The monoisotopic (exact) mass is 378 g/mol. The van der Waals surface area contributed by atoms with Gasteiger partial charge in [0, 0.05) is 11.8 Å². The number of rotatable bonds is 3. The van der Waals surface area contributed by atoms with Crippen molar-refractivity contribution in [2.45, 2.75) is 51.2 Å². The van der Waals surface area contributed by atoms with Crippen LogP contribution in [0.2, 0.25) is 0 Å². The van der Waals surface area contributed by atoms with Gasteiger partial charge in [0.15, 0.2) is 0 Å². The van der Waals surface area contributed by atoms with E-state index in [9.17, 15) is 4.79 Å². The third-order valence-electron chi connectivity index (χ3n) is 4.69. The number of nitrogens with zero attached hydrogens (tertiary/aromatic N) is 1. The van der Waals surface area contributed by atoms with Gasteiger partial charge < -0.3 is 14.8 Å². The van der Waals surface area contributed by atoms with E-state index in [0.29, 0.717) is 5.88 Å². The van der Waals surface area contributed by atoms with Crippen molar-refractivity contribution in [1.82, 2.24) is 10.3 Å². The van der Waals surface area contributed by atoms with Crippen LogP contribution >= 0.6 is 0 Å². The molecular weight excluding hydrogens is 352 g/mol. The van der Waals surface area contributed by atoms with Gasteiger partial charge in [0.1, 0.15) is 5.60 Å². The summed E-state index contributed by atoms with van der Waals surface area (Å²) in [5, 5.41) is 3.07. The van der Waals surface area contributed by atoms with Crippen LogP contribution < -0.4 is 10.1 Å². The molecule has 1 aromatic carbocycles. The van der Waals surface area contributed by atoms with E-state index in [1.165, 1.54) is 0 Å². The van der Waals surface area contributed by atoms with Crippen LogP contribution in [0.4, 0.5) is 4.79 Å². The van der Waals surface area contributed by atoms with Crippen LogP contribution in [-0.4, -0.2) is 23.8 Å². The van der Waals surface area contributed by atoms with Crippen molar-refractivity contribution >= 4 is 6.09 Å². The highest BCUT2D eigenvalue weighted by Gasteiger charge is 2.41. The number of hydrogen-bond donors (Lipinski definition) is 1. The van der Waals surface area contributed by atoms with Crippen LogP contribution in [-0.2, 0) is 10.3 Å². The Morgan fingerprint density at radius 1 is 1.14 bits per heavy atom. The zero-order chi connectivity index (χ0) is 20.2. The lowest BCUT2D eigenvalue weighted by Crippen LogP contribution is -2.52. The molecule has 0 unspecified atom stereocenters. The van der Waals surface area contributed by atoms with Crippen molar-refractivity contribution in [3.63, 3.8) is 0 Å². The summed E-state index contributed by atoms with van der Waals surface area (Å²) in [6.45, 7) is 5.60. The summed E-state index contributed by atoms with van der Waals surface area (Å²) >= 11 is 0. The van der Waals surface area contributed by atoms with Crippen LogP contribution in [0.25, 0.3) is 0 Å². The van der Waals surface area contributed by atoms with E-state index in [1.54, 1.807) is 13.3 Å². The first-order valence-corrected chi connectivity index (χ1v) is 9.44. The summed E-state index contributed by atoms with van der Waals surface area (Å²) in [5.41, 5.74) is 1.86. The lowest BCUT2D eigenvalue weighted by atomic mass is 9.72. The van der Waals surface area contributed by atoms with Gasteiger partial charge >= 0.3 is 6.09 Å². The Kier molecular flexibility index (Phi) is 5.60. The lowest BCUT2D eigenvalue weighted by Gasteiger charge is -2.43. The van der Waals surface area contributed by atoms with Crippen LogP contribution in [0.5, 0.6) is 5.88 Å². The van der Waals surface area contributed by atoms with Crippen molar-refractivity contribution in [2.75, 3.05) is 7.11 Å². The number of carbonyl (C=O) groups is 1. The predicted octanol–water partition coefficient (Wildman–Crippen LogP) is 4.39. The number of hydrogen-bond acceptors (Lipinski definition) is 4. The van der Waals surface area contributed by atoms with E-state index in [1.807, 2.05) is 57.2 Å². The van der Waals surface area contributed by atoms with Gasteiger partial charge in [0.05, 0.1) is 18.2 Å². The maximum Gasteiger partial charge on any atom is 0.408 e. The third-order valence-corrected chi connectivity index (χ3v) is 4.69. The van der Waals surface area contributed by atoms with Gasteiger partial charge in [-0.2, -0.15) is 0 Å². The highest BCUT2D eigenvalue weighted by Crippen LogP contribution is 2.41. The van der Waals surface area contributed by atoms with E-state index >= 15 is 0 Å². The molecule has 1 aromatic heterocycles. The van der Waals surface area contributed by atoms with Gasteiger partial charge in [-0.05, 0) is 69.9 Å². The normalized spacial score (nSPS) is 14.9. The summed E-state index contributed by atoms with van der Waals surface area (Å²) < 4.78 is 10.7. The number of amides is 1. The van der Waals surface area contributed by atoms with Gasteiger partial charge in [-0.25, -0.2) is 9.78 Å². The fraction of sp³-hybridized carbons (Fsp3) is 0.391. The molecule has 5 nitrogen and oxygen atoms in total. The Hall–Kier alpha value is -3.00. The molecule has 1 fully saturated rings. The SMILES string of the molecule is COc1ncccc1C#Cc1ccc(C2(NC(=O)OC(C)(C)C)CCC2)cc1. The Labute approximate surface area is 166 Å². The van der Waals surface area contributed by atoms with Crippen LogP contribution in [0, 0.1) is 11.8 Å². The van der Waals surface area contributed by atoms with Crippen molar-refractivity contribution in [1.29, 1.82) is 0 Å². The topological polar surface area (TPSA) is 60.5 Å². The quantitative estimate of drug-likeness (QED) is 0.805. The van der Waals surface area contributed by atoms with Crippen molar-refractivity contribution in [2.24, 2.45) is 0 Å². The minimum atomic E-state index is -0.512. The molecule has 2 aromatic rings. The minimum Gasteiger partial charge on any atom is -0.480 e. The number of methoxy groups -OCH3 is 1. The van der Waals surface area contributed by atoms with Gasteiger partial charge in [-0.1, -0.05) is 24.0 Å². The van der Waals surface area contributed by atoms with Crippen molar-refractivity contribution in [3.8, 4) is 17.7 Å². The Morgan fingerprint density at radius 3 is 2.43 bits per heavy atom. The van der Waals surface area contributed by atoms with E-state index in [-0.39, 0.29) is 11.6 Å². The molecule has 1 aliphatic rings. The molecule has 1 N–H and O–H groups in total. The molecule has 5 heteroatoms. The molecular formula is C23H26N2O3. The number of nitrogens with one attached hydrogen (secondary N) is 1. The summed E-state index contributed by atoms with van der Waals surface area (Å²) in [7, 11) is 1.58. The van der Waals surface area contributed by atoms with E-state index in [2.05, 4.69) is 22.1 Å². The first-order valence-electron chi connectivity index (χ1n) is 9.44. The number of pyridine rings is 1. The van der Waals surface area contributed by atoms with Crippen LogP contribution in [0.15, 0.2) is 42.6 Å². The molecule has 1 aliphatic carbocycles.